The third kappa shape index (κ3) is 5.67. The molecule has 0 radical (unpaired) electrons. The SMILES string of the molecule is O=CC=CN1CCN(c2nc(OCCN3CC[C@@H](F)C3)nc3c2CCN(c2cc(O)cc4ccccc24)C3)CC1. The second kappa shape index (κ2) is 11.7. The molecule has 4 heterocycles. The first-order valence-corrected chi connectivity index (χ1v) is 14.0. The molecule has 1 N–H and O–H groups in total. The average molecular weight is 547 g/mol. The van der Waals surface area contributed by atoms with E-state index in [1.807, 2.05) is 30.5 Å². The number of phenolic OH excluding ortho intramolecular Hbond substituents is 1. The number of carbonyl (C=O) groups excluding carboxylic acids is 1. The Bertz CT molecular complexity index is 1390. The molecule has 0 aliphatic carbocycles. The molecule has 0 unspecified atom stereocenters. The fourth-order valence-corrected chi connectivity index (χ4v) is 5.95. The number of halogens is 1. The van der Waals surface area contributed by atoms with Gasteiger partial charge in [-0.3, -0.25) is 9.69 Å². The number of piperazine rings is 1. The van der Waals surface area contributed by atoms with E-state index in [1.165, 1.54) is 6.08 Å². The number of nitrogens with zero attached hydrogens (tertiary/aromatic N) is 6. The van der Waals surface area contributed by atoms with E-state index in [1.54, 1.807) is 6.07 Å². The number of phenols is 1. The molecule has 9 nitrogen and oxygen atoms in total. The van der Waals surface area contributed by atoms with Crippen molar-refractivity contribution in [2.45, 2.75) is 25.6 Å². The van der Waals surface area contributed by atoms with Gasteiger partial charge in [-0.1, -0.05) is 24.3 Å². The monoisotopic (exact) mass is 546 g/mol. The lowest BCUT2D eigenvalue weighted by molar-refractivity contribution is -0.104. The maximum Gasteiger partial charge on any atom is 0.318 e. The normalized spacial score (nSPS) is 19.9. The third-order valence-electron chi connectivity index (χ3n) is 8.03. The molecule has 10 heteroatoms. The van der Waals surface area contributed by atoms with Crippen molar-refractivity contribution in [1.82, 2.24) is 19.8 Å². The number of fused-ring (bicyclic) bond motifs is 2. The predicted octanol–water partition coefficient (Wildman–Crippen LogP) is 3.16. The molecule has 1 aromatic heterocycles. The Morgan fingerprint density at radius 1 is 1.05 bits per heavy atom. The number of hydrogen-bond acceptors (Lipinski definition) is 9. The number of carbonyl (C=O) groups is 1. The molecule has 210 valence electrons. The summed E-state index contributed by atoms with van der Waals surface area (Å²) < 4.78 is 19.7. The number of rotatable bonds is 8. The van der Waals surface area contributed by atoms with Crippen LogP contribution in [0, 0.1) is 0 Å². The minimum absolute atomic E-state index is 0.242. The molecule has 40 heavy (non-hydrogen) atoms. The van der Waals surface area contributed by atoms with Gasteiger partial charge < -0.3 is 24.5 Å². The van der Waals surface area contributed by atoms with Crippen molar-refractivity contribution in [1.29, 1.82) is 0 Å². The Morgan fingerprint density at radius 2 is 1.90 bits per heavy atom. The summed E-state index contributed by atoms with van der Waals surface area (Å²) in [6.07, 6.45) is 4.75. The second-order valence-electron chi connectivity index (χ2n) is 10.6. The summed E-state index contributed by atoms with van der Waals surface area (Å²) in [5.74, 6) is 1.15. The van der Waals surface area contributed by atoms with Crippen molar-refractivity contribution in [2.75, 3.05) is 68.8 Å². The van der Waals surface area contributed by atoms with E-state index in [9.17, 15) is 14.3 Å². The molecule has 2 saturated heterocycles. The molecule has 0 spiro atoms. The number of aldehydes is 1. The first kappa shape index (κ1) is 26.3. The average Bonchev–Trinajstić information content (AvgIpc) is 3.39. The van der Waals surface area contributed by atoms with Crippen molar-refractivity contribution in [3.05, 3.63) is 59.9 Å². The summed E-state index contributed by atoms with van der Waals surface area (Å²) in [7, 11) is 0. The van der Waals surface area contributed by atoms with Crippen molar-refractivity contribution < 1.29 is 19.0 Å². The smallest absolute Gasteiger partial charge is 0.318 e. The van der Waals surface area contributed by atoms with E-state index < -0.39 is 6.17 Å². The van der Waals surface area contributed by atoms with Crippen LogP contribution in [0.3, 0.4) is 0 Å². The Labute approximate surface area is 233 Å². The highest BCUT2D eigenvalue weighted by atomic mass is 19.1. The second-order valence-corrected chi connectivity index (χ2v) is 10.6. The van der Waals surface area contributed by atoms with Crippen molar-refractivity contribution >= 4 is 28.6 Å². The van der Waals surface area contributed by atoms with Gasteiger partial charge in [-0.25, -0.2) is 4.39 Å². The van der Waals surface area contributed by atoms with Crippen LogP contribution in [0.25, 0.3) is 10.8 Å². The van der Waals surface area contributed by atoms with Crippen LogP contribution in [0.5, 0.6) is 11.8 Å². The first-order valence-electron chi connectivity index (χ1n) is 14.0. The standard InChI is InChI=1S/C30H35FN6O3/c31-23-6-9-35(20-23)15-17-40-30-32-27-21-37(28-19-24(39)18-22-4-1-2-5-25(22)28)10-7-26(27)29(33-30)36-13-11-34(12-14-36)8-3-16-38/h1-5,8,16,18-19,23,39H,6-7,9-15,17,20-21H2/t23-/m1/s1. The number of likely N-dealkylation sites (tertiary alicyclic amines) is 1. The van der Waals surface area contributed by atoms with Crippen molar-refractivity contribution in [3.8, 4) is 11.8 Å². The third-order valence-corrected chi connectivity index (χ3v) is 8.03. The predicted molar refractivity (Wildman–Crippen MR) is 153 cm³/mol. The molecule has 2 aromatic carbocycles. The number of ether oxygens (including phenoxy) is 1. The number of anilines is 2. The van der Waals surface area contributed by atoms with E-state index >= 15 is 0 Å². The first-order chi connectivity index (χ1) is 19.6. The fraction of sp³-hybridized carbons (Fsp3) is 0.433. The molecule has 3 aliphatic heterocycles. The van der Waals surface area contributed by atoms with Gasteiger partial charge in [-0.15, -0.1) is 0 Å². The summed E-state index contributed by atoms with van der Waals surface area (Å²) in [5.41, 5.74) is 3.03. The van der Waals surface area contributed by atoms with Crippen LogP contribution in [-0.4, -0.2) is 96.3 Å². The van der Waals surface area contributed by atoms with E-state index in [0.29, 0.717) is 38.7 Å². The van der Waals surface area contributed by atoms with Gasteiger partial charge in [0.15, 0.2) is 0 Å². The largest absolute Gasteiger partial charge is 0.508 e. The Kier molecular flexibility index (Phi) is 7.68. The van der Waals surface area contributed by atoms with Gasteiger partial charge >= 0.3 is 6.01 Å². The van der Waals surface area contributed by atoms with Crippen LogP contribution in [0.4, 0.5) is 15.9 Å². The van der Waals surface area contributed by atoms with E-state index in [2.05, 4.69) is 25.7 Å². The summed E-state index contributed by atoms with van der Waals surface area (Å²) >= 11 is 0. The Balaban J connectivity index is 1.26. The highest BCUT2D eigenvalue weighted by Crippen LogP contribution is 2.36. The van der Waals surface area contributed by atoms with Gasteiger partial charge in [0.05, 0.1) is 12.2 Å². The Morgan fingerprint density at radius 3 is 2.70 bits per heavy atom. The summed E-state index contributed by atoms with van der Waals surface area (Å²) in [6, 6.07) is 12.0. The zero-order chi connectivity index (χ0) is 27.5. The molecular formula is C30H35FN6O3. The van der Waals surface area contributed by atoms with E-state index in [0.717, 1.165) is 85.5 Å². The zero-order valence-corrected chi connectivity index (χ0v) is 22.6. The van der Waals surface area contributed by atoms with Crippen LogP contribution in [0.2, 0.25) is 0 Å². The maximum atomic E-state index is 13.6. The molecule has 0 bridgehead atoms. The maximum absolute atomic E-state index is 13.6. The molecule has 3 aliphatic rings. The molecule has 3 aromatic rings. The number of alkyl halides is 1. The van der Waals surface area contributed by atoms with Gasteiger partial charge in [0.2, 0.25) is 0 Å². The van der Waals surface area contributed by atoms with Crippen LogP contribution >= 0.6 is 0 Å². The minimum Gasteiger partial charge on any atom is -0.508 e. The van der Waals surface area contributed by atoms with Gasteiger partial charge in [0.1, 0.15) is 30.6 Å². The number of hydrogen-bond donors (Lipinski definition) is 1. The Hall–Kier alpha value is -3.92. The lowest BCUT2D eigenvalue weighted by Gasteiger charge is -2.38. The summed E-state index contributed by atoms with van der Waals surface area (Å²) in [6.45, 7) is 6.73. The van der Waals surface area contributed by atoms with Crippen molar-refractivity contribution in [2.24, 2.45) is 0 Å². The number of benzene rings is 2. The molecule has 1 atom stereocenters. The fourth-order valence-electron chi connectivity index (χ4n) is 5.95. The summed E-state index contributed by atoms with van der Waals surface area (Å²) in [5, 5.41) is 12.5. The van der Waals surface area contributed by atoms with Gasteiger partial charge in [0, 0.05) is 81.3 Å². The highest BCUT2D eigenvalue weighted by Gasteiger charge is 2.28. The highest BCUT2D eigenvalue weighted by molar-refractivity contribution is 5.95. The molecule has 0 saturated carbocycles. The van der Waals surface area contributed by atoms with E-state index in [-0.39, 0.29) is 5.75 Å². The number of aromatic nitrogens is 2. The van der Waals surface area contributed by atoms with Crippen LogP contribution in [0.1, 0.15) is 17.7 Å². The lowest BCUT2D eigenvalue weighted by Crippen LogP contribution is -2.45. The molecular weight excluding hydrogens is 511 g/mol. The quantitative estimate of drug-likeness (QED) is 0.338. The number of aromatic hydroxyl groups is 1. The van der Waals surface area contributed by atoms with E-state index in [4.69, 9.17) is 14.7 Å². The minimum atomic E-state index is -0.758. The van der Waals surface area contributed by atoms with Gasteiger partial charge in [0.25, 0.3) is 0 Å². The lowest BCUT2D eigenvalue weighted by atomic mass is 10.0. The van der Waals surface area contributed by atoms with Gasteiger partial charge in [-0.05, 0) is 30.4 Å². The molecule has 2 fully saturated rings. The van der Waals surface area contributed by atoms with Crippen molar-refractivity contribution in [3.63, 3.8) is 0 Å². The van der Waals surface area contributed by atoms with Crippen LogP contribution in [0.15, 0.2) is 48.7 Å². The van der Waals surface area contributed by atoms with Gasteiger partial charge in [-0.2, -0.15) is 9.97 Å². The number of allylic oxidation sites excluding steroid dienone is 1. The topological polar surface area (TPSA) is 85.3 Å². The summed E-state index contributed by atoms with van der Waals surface area (Å²) in [4.78, 5) is 29.3. The van der Waals surface area contributed by atoms with Crippen LogP contribution in [-0.2, 0) is 17.8 Å². The zero-order valence-electron chi connectivity index (χ0n) is 22.6. The van der Waals surface area contributed by atoms with Crippen LogP contribution < -0.4 is 14.5 Å². The molecule has 6 rings (SSSR count). The molecule has 0 amide bonds.